The molecule has 0 aromatic heterocycles. The topological polar surface area (TPSA) is 55.3 Å². The van der Waals surface area contributed by atoms with Crippen LogP contribution in [-0.2, 0) is 14.2 Å². The van der Waals surface area contributed by atoms with Gasteiger partial charge in [0.2, 0.25) is 0 Å². The molecule has 2 heterocycles. The molecule has 0 radical (unpaired) electrons. The number of guanidine groups is 1. The third-order valence-corrected chi connectivity index (χ3v) is 4.08. The molecule has 2 unspecified atom stereocenters. The summed E-state index contributed by atoms with van der Waals surface area (Å²) >= 11 is 0. The second-order valence-electron chi connectivity index (χ2n) is 6.06. The van der Waals surface area contributed by atoms with E-state index in [1.807, 2.05) is 0 Å². The van der Waals surface area contributed by atoms with E-state index in [9.17, 15) is 0 Å². The quantitative estimate of drug-likeness (QED) is 0.269. The first-order chi connectivity index (χ1) is 10.8. The van der Waals surface area contributed by atoms with Crippen LogP contribution in [0.25, 0.3) is 0 Å². The second-order valence-corrected chi connectivity index (χ2v) is 6.06. The fraction of sp³-hybridized carbons (Fsp3) is 0.938. The van der Waals surface area contributed by atoms with Gasteiger partial charge in [-0.15, -0.1) is 24.0 Å². The second kappa shape index (κ2) is 12.3. The summed E-state index contributed by atoms with van der Waals surface area (Å²) in [6.45, 7) is 8.63. The Bertz CT molecular complexity index is 333. The van der Waals surface area contributed by atoms with Crippen molar-refractivity contribution >= 4 is 29.9 Å². The van der Waals surface area contributed by atoms with Gasteiger partial charge in [0.05, 0.1) is 32.5 Å². The molecule has 0 aliphatic carbocycles. The molecule has 23 heavy (non-hydrogen) atoms. The van der Waals surface area contributed by atoms with Crippen molar-refractivity contribution in [2.24, 2.45) is 10.9 Å². The number of ether oxygens (including phenoxy) is 3. The van der Waals surface area contributed by atoms with Gasteiger partial charge < -0.3 is 24.4 Å². The maximum atomic E-state index is 5.66. The van der Waals surface area contributed by atoms with Gasteiger partial charge in [-0.3, -0.25) is 4.99 Å². The summed E-state index contributed by atoms with van der Waals surface area (Å²) in [5.74, 6) is 1.57. The third-order valence-electron chi connectivity index (χ3n) is 4.08. The highest BCUT2D eigenvalue weighted by atomic mass is 127. The SMILES string of the molecule is CCNC(=NCCOCC1CCCO1)N(C)CC1CCOC1.I. The molecule has 6 nitrogen and oxygen atoms in total. The highest BCUT2D eigenvalue weighted by molar-refractivity contribution is 14.0. The minimum Gasteiger partial charge on any atom is -0.381 e. The third kappa shape index (κ3) is 8.00. The molecule has 0 spiro atoms. The van der Waals surface area contributed by atoms with E-state index in [1.165, 1.54) is 0 Å². The summed E-state index contributed by atoms with van der Waals surface area (Å²) in [7, 11) is 2.09. The van der Waals surface area contributed by atoms with E-state index in [2.05, 4.69) is 29.2 Å². The van der Waals surface area contributed by atoms with Gasteiger partial charge in [-0.25, -0.2) is 0 Å². The summed E-state index contributed by atoms with van der Waals surface area (Å²) in [5.41, 5.74) is 0. The van der Waals surface area contributed by atoms with E-state index in [1.54, 1.807) is 0 Å². The first-order valence-electron chi connectivity index (χ1n) is 8.56. The van der Waals surface area contributed by atoms with Crippen LogP contribution in [0.3, 0.4) is 0 Å². The lowest BCUT2D eigenvalue weighted by Crippen LogP contribution is -2.41. The Morgan fingerprint density at radius 3 is 2.87 bits per heavy atom. The highest BCUT2D eigenvalue weighted by Gasteiger charge is 2.19. The standard InChI is InChI=1S/C16H31N3O3.HI/c1-3-17-16(19(2)11-14-6-9-20-12-14)18-7-10-21-13-15-5-4-8-22-15;/h14-15H,3-13H2,1-2H3,(H,17,18);1H. The lowest BCUT2D eigenvalue weighted by molar-refractivity contribution is 0.0199. The Balaban J connectivity index is 0.00000264. The normalized spacial score (nSPS) is 24.5. The smallest absolute Gasteiger partial charge is 0.193 e. The maximum Gasteiger partial charge on any atom is 0.193 e. The van der Waals surface area contributed by atoms with Crippen LogP contribution in [0.1, 0.15) is 26.2 Å². The average Bonchev–Trinajstić information content (AvgIpc) is 3.19. The van der Waals surface area contributed by atoms with Crippen LogP contribution in [0.2, 0.25) is 0 Å². The molecule has 2 aliphatic heterocycles. The van der Waals surface area contributed by atoms with E-state index >= 15 is 0 Å². The molecular weight excluding hydrogens is 409 g/mol. The van der Waals surface area contributed by atoms with E-state index in [0.29, 0.717) is 31.8 Å². The fourth-order valence-electron chi connectivity index (χ4n) is 2.88. The summed E-state index contributed by atoms with van der Waals surface area (Å²) in [5, 5.41) is 3.34. The summed E-state index contributed by atoms with van der Waals surface area (Å²) in [6.07, 6.45) is 3.72. The van der Waals surface area contributed by atoms with Gasteiger partial charge in [0.15, 0.2) is 5.96 Å². The zero-order valence-corrected chi connectivity index (χ0v) is 16.8. The molecule has 2 aliphatic rings. The minimum atomic E-state index is 0. The van der Waals surface area contributed by atoms with Crippen molar-refractivity contribution in [3.05, 3.63) is 0 Å². The Labute approximate surface area is 157 Å². The molecule has 0 aromatic carbocycles. The predicted molar refractivity (Wildman–Crippen MR) is 103 cm³/mol. The summed E-state index contributed by atoms with van der Waals surface area (Å²) < 4.78 is 16.6. The number of halogens is 1. The zero-order valence-electron chi connectivity index (χ0n) is 14.5. The van der Waals surface area contributed by atoms with Crippen LogP contribution in [0.15, 0.2) is 4.99 Å². The number of nitrogens with one attached hydrogen (secondary N) is 1. The minimum absolute atomic E-state index is 0. The van der Waals surface area contributed by atoms with Crippen LogP contribution in [0.4, 0.5) is 0 Å². The fourth-order valence-corrected chi connectivity index (χ4v) is 2.88. The van der Waals surface area contributed by atoms with Crippen LogP contribution >= 0.6 is 24.0 Å². The molecule has 7 heteroatoms. The van der Waals surface area contributed by atoms with Gasteiger partial charge in [0.25, 0.3) is 0 Å². The molecule has 2 atom stereocenters. The van der Waals surface area contributed by atoms with Crippen LogP contribution in [0.5, 0.6) is 0 Å². The van der Waals surface area contributed by atoms with Crippen molar-refractivity contribution in [3.8, 4) is 0 Å². The molecule has 0 aromatic rings. The van der Waals surface area contributed by atoms with Gasteiger partial charge >= 0.3 is 0 Å². The van der Waals surface area contributed by atoms with E-state index in [0.717, 1.165) is 58.1 Å². The maximum absolute atomic E-state index is 5.66. The van der Waals surface area contributed by atoms with Crippen molar-refractivity contribution in [2.75, 3.05) is 59.7 Å². The zero-order chi connectivity index (χ0) is 15.6. The largest absolute Gasteiger partial charge is 0.381 e. The summed E-state index contributed by atoms with van der Waals surface area (Å²) in [4.78, 5) is 6.84. The van der Waals surface area contributed by atoms with Gasteiger partial charge in [0, 0.05) is 39.3 Å². The number of rotatable bonds is 8. The highest BCUT2D eigenvalue weighted by Crippen LogP contribution is 2.13. The van der Waals surface area contributed by atoms with Crippen molar-refractivity contribution in [2.45, 2.75) is 32.3 Å². The monoisotopic (exact) mass is 441 g/mol. The van der Waals surface area contributed by atoms with Gasteiger partial charge in [0.1, 0.15) is 0 Å². The van der Waals surface area contributed by atoms with Crippen molar-refractivity contribution in [1.29, 1.82) is 0 Å². The van der Waals surface area contributed by atoms with Crippen molar-refractivity contribution < 1.29 is 14.2 Å². The number of hydrogen-bond donors (Lipinski definition) is 1. The molecule has 0 saturated carbocycles. The Morgan fingerprint density at radius 2 is 2.22 bits per heavy atom. The molecule has 2 rings (SSSR count). The van der Waals surface area contributed by atoms with Gasteiger partial charge in [-0.1, -0.05) is 0 Å². The lowest BCUT2D eigenvalue weighted by atomic mass is 10.1. The van der Waals surface area contributed by atoms with Gasteiger partial charge in [-0.2, -0.15) is 0 Å². The van der Waals surface area contributed by atoms with E-state index in [4.69, 9.17) is 14.2 Å². The van der Waals surface area contributed by atoms with Crippen LogP contribution in [0, 0.1) is 5.92 Å². The van der Waals surface area contributed by atoms with Crippen LogP contribution < -0.4 is 5.32 Å². The predicted octanol–water partition coefficient (Wildman–Crippen LogP) is 1.73. The lowest BCUT2D eigenvalue weighted by Gasteiger charge is -2.24. The Morgan fingerprint density at radius 1 is 1.35 bits per heavy atom. The van der Waals surface area contributed by atoms with E-state index < -0.39 is 0 Å². The molecule has 2 saturated heterocycles. The molecular formula is C16H32IN3O3. The number of aliphatic imine (C=N–C) groups is 1. The van der Waals surface area contributed by atoms with E-state index in [-0.39, 0.29) is 24.0 Å². The Hall–Kier alpha value is -0.120. The molecule has 0 bridgehead atoms. The first kappa shape index (κ1) is 20.9. The molecule has 136 valence electrons. The molecule has 1 N–H and O–H groups in total. The van der Waals surface area contributed by atoms with Crippen molar-refractivity contribution in [1.82, 2.24) is 10.2 Å². The van der Waals surface area contributed by atoms with Crippen molar-refractivity contribution in [3.63, 3.8) is 0 Å². The van der Waals surface area contributed by atoms with Crippen LogP contribution in [-0.4, -0.2) is 76.7 Å². The number of hydrogen-bond acceptors (Lipinski definition) is 4. The number of nitrogens with zero attached hydrogens (tertiary/aromatic N) is 2. The Kier molecular flexibility index (Phi) is 11.2. The molecule has 2 fully saturated rings. The first-order valence-corrected chi connectivity index (χ1v) is 8.56. The molecule has 0 amide bonds. The summed E-state index contributed by atoms with van der Waals surface area (Å²) in [6, 6.07) is 0. The van der Waals surface area contributed by atoms with Gasteiger partial charge in [-0.05, 0) is 26.2 Å². The average molecular weight is 441 g/mol.